The number of hydrogen-bond donors (Lipinski definition) is 0. The molecule has 0 amide bonds. The molecule has 76 valence electrons. The molecule has 0 spiro atoms. The van der Waals surface area contributed by atoms with Crippen molar-refractivity contribution in [3.63, 3.8) is 0 Å². The summed E-state index contributed by atoms with van der Waals surface area (Å²) in [6.07, 6.45) is 2.51. The van der Waals surface area contributed by atoms with Crippen molar-refractivity contribution in [1.82, 2.24) is 15.0 Å². The van der Waals surface area contributed by atoms with Crippen molar-refractivity contribution in [1.29, 1.82) is 0 Å². The van der Waals surface area contributed by atoms with Gasteiger partial charge in [0, 0.05) is 6.54 Å². The van der Waals surface area contributed by atoms with Crippen molar-refractivity contribution in [2.24, 2.45) is 5.92 Å². The zero-order valence-corrected chi connectivity index (χ0v) is 8.57. The van der Waals surface area contributed by atoms with Gasteiger partial charge >= 0.3 is 0 Å². The Balaban J connectivity index is 1.85. The Morgan fingerprint density at radius 3 is 2.64 bits per heavy atom. The summed E-state index contributed by atoms with van der Waals surface area (Å²) in [5, 5.41) is 3.87. The summed E-state index contributed by atoms with van der Waals surface area (Å²) in [7, 11) is 0. The fourth-order valence-corrected chi connectivity index (χ4v) is 2.73. The van der Waals surface area contributed by atoms with Gasteiger partial charge in [-0.25, -0.2) is 0 Å². The van der Waals surface area contributed by atoms with Crippen LogP contribution in [-0.4, -0.2) is 34.7 Å². The quantitative estimate of drug-likeness (QED) is 0.710. The summed E-state index contributed by atoms with van der Waals surface area (Å²) in [4.78, 5) is 6.58. The topological polar surface area (TPSA) is 42.2 Å². The van der Waals surface area contributed by atoms with Gasteiger partial charge in [-0.2, -0.15) is 4.98 Å². The standard InChI is InChI=1S/C9H12ClN3O/c10-9-11-8(14-12-9)7-5-13-3-1-6(7)2-4-13/h6-7H,1-5H2. The molecule has 1 atom stereocenters. The van der Waals surface area contributed by atoms with Crippen LogP contribution in [0.5, 0.6) is 0 Å². The van der Waals surface area contributed by atoms with Gasteiger partial charge in [-0.05, 0) is 48.6 Å². The highest BCUT2D eigenvalue weighted by Crippen LogP contribution is 2.38. The lowest BCUT2D eigenvalue weighted by molar-refractivity contribution is 0.0727. The van der Waals surface area contributed by atoms with Crippen molar-refractivity contribution >= 4 is 11.6 Å². The zero-order valence-electron chi connectivity index (χ0n) is 7.82. The number of hydrogen-bond acceptors (Lipinski definition) is 4. The van der Waals surface area contributed by atoms with Gasteiger partial charge in [0.25, 0.3) is 5.28 Å². The smallest absolute Gasteiger partial charge is 0.263 e. The van der Waals surface area contributed by atoms with Crippen molar-refractivity contribution in [3.05, 3.63) is 11.2 Å². The summed E-state index contributed by atoms with van der Waals surface area (Å²) >= 11 is 5.65. The first-order chi connectivity index (χ1) is 6.83. The lowest BCUT2D eigenvalue weighted by atomic mass is 9.79. The van der Waals surface area contributed by atoms with Crippen LogP contribution < -0.4 is 0 Å². The van der Waals surface area contributed by atoms with Gasteiger partial charge in [0.15, 0.2) is 0 Å². The zero-order chi connectivity index (χ0) is 9.54. The molecule has 3 aliphatic heterocycles. The SMILES string of the molecule is Clc1noc(C2CN3CCC2CC3)n1. The number of rotatable bonds is 1. The second-order valence-electron chi connectivity index (χ2n) is 4.15. The molecule has 5 heteroatoms. The Kier molecular flexibility index (Phi) is 1.99. The minimum atomic E-state index is 0.233. The van der Waals surface area contributed by atoms with Crippen LogP contribution in [0, 0.1) is 5.92 Å². The molecule has 14 heavy (non-hydrogen) atoms. The molecule has 0 saturated carbocycles. The summed E-state index contributed by atoms with van der Waals surface area (Å²) in [6.45, 7) is 3.51. The number of halogens is 1. The van der Waals surface area contributed by atoms with Crippen LogP contribution in [0.25, 0.3) is 0 Å². The Bertz CT molecular complexity index is 333. The molecule has 3 fully saturated rings. The van der Waals surface area contributed by atoms with Crippen molar-refractivity contribution in [2.45, 2.75) is 18.8 Å². The van der Waals surface area contributed by atoms with Gasteiger partial charge in [-0.1, -0.05) is 0 Å². The van der Waals surface area contributed by atoms with Gasteiger partial charge in [-0.3, -0.25) is 0 Å². The molecular weight excluding hydrogens is 202 g/mol. The van der Waals surface area contributed by atoms with E-state index in [2.05, 4.69) is 15.0 Å². The molecule has 4 rings (SSSR count). The maximum atomic E-state index is 5.65. The van der Waals surface area contributed by atoms with Crippen molar-refractivity contribution < 1.29 is 4.52 Å². The molecule has 0 aromatic carbocycles. The van der Waals surface area contributed by atoms with Crippen molar-refractivity contribution in [2.75, 3.05) is 19.6 Å². The van der Waals surface area contributed by atoms with Crippen LogP contribution in [0.1, 0.15) is 24.7 Å². The molecule has 3 saturated heterocycles. The van der Waals surface area contributed by atoms with Crippen molar-refractivity contribution in [3.8, 4) is 0 Å². The minimum Gasteiger partial charge on any atom is -0.338 e. The lowest BCUT2D eigenvalue weighted by Crippen LogP contribution is -2.46. The van der Waals surface area contributed by atoms with E-state index in [0.29, 0.717) is 5.92 Å². The Morgan fingerprint density at radius 1 is 1.36 bits per heavy atom. The average molecular weight is 214 g/mol. The van der Waals surface area contributed by atoms with E-state index in [-0.39, 0.29) is 5.28 Å². The van der Waals surface area contributed by atoms with E-state index >= 15 is 0 Å². The molecule has 4 nitrogen and oxygen atoms in total. The van der Waals surface area contributed by atoms with E-state index in [9.17, 15) is 0 Å². The third kappa shape index (κ3) is 1.33. The lowest BCUT2D eigenvalue weighted by Gasteiger charge is -2.43. The molecule has 3 aliphatic rings. The fourth-order valence-electron chi connectivity index (χ4n) is 2.61. The van der Waals surface area contributed by atoms with Gasteiger partial charge in [-0.15, -0.1) is 0 Å². The van der Waals surface area contributed by atoms with Crippen LogP contribution in [0.2, 0.25) is 5.28 Å². The minimum absolute atomic E-state index is 0.233. The summed E-state index contributed by atoms with van der Waals surface area (Å²) in [5.41, 5.74) is 0. The predicted octanol–water partition coefficient (Wildman–Crippen LogP) is 1.53. The molecule has 1 unspecified atom stereocenters. The molecule has 2 bridgehead atoms. The van der Waals surface area contributed by atoms with Gasteiger partial charge in [0.05, 0.1) is 5.92 Å². The number of fused-ring (bicyclic) bond motifs is 3. The molecule has 0 N–H and O–H groups in total. The third-order valence-corrected chi connectivity index (χ3v) is 3.54. The van der Waals surface area contributed by atoms with E-state index < -0.39 is 0 Å². The fraction of sp³-hybridized carbons (Fsp3) is 0.778. The Labute approximate surface area is 87.2 Å². The number of aromatic nitrogens is 2. The van der Waals surface area contributed by atoms with E-state index in [4.69, 9.17) is 16.1 Å². The first-order valence-electron chi connectivity index (χ1n) is 5.04. The van der Waals surface area contributed by atoms with Gasteiger partial charge < -0.3 is 9.42 Å². The van der Waals surface area contributed by atoms with E-state index in [1.165, 1.54) is 25.9 Å². The van der Waals surface area contributed by atoms with Gasteiger partial charge in [0.2, 0.25) is 5.89 Å². The second kappa shape index (κ2) is 3.21. The highest BCUT2D eigenvalue weighted by Gasteiger charge is 2.37. The maximum absolute atomic E-state index is 5.65. The predicted molar refractivity (Wildman–Crippen MR) is 51.2 cm³/mol. The first-order valence-corrected chi connectivity index (χ1v) is 5.42. The van der Waals surface area contributed by atoms with Crippen LogP contribution in [-0.2, 0) is 0 Å². The maximum Gasteiger partial charge on any atom is 0.263 e. The van der Waals surface area contributed by atoms with Crippen LogP contribution in [0.15, 0.2) is 4.52 Å². The largest absolute Gasteiger partial charge is 0.338 e. The van der Waals surface area contributed by atoms with E-state index in [1.54, 1.807) is 0 Å². The monoisotopic (exact) mass is 213 g/mol. The van der Waals surface area contributed by atoms with E-state index in [0.717, 1.165) is 18.4 Å². The molecular formula is C9H12ClN3O. The molecule has 1 aromatic rings. The normalized spacial score (nSPS) is 36.2. The summed E-state index contributed by atoms with van der Waals surface area (Å²) in [6, 6.07) is 0. The molecule has 4 heterocycles. The van der Waals surface area contributed by atoms with Gasteiger partial charge in [0.1, 0.15) is 0 Å². The first kappa shape index (κ1) is 8.68. The van der Waals surface area contributed by atoms with E-state index in [1.807, 2.05) is 0 Å². The highest BCUT2D eigenvalue weighted by atomic mass is 35.5. The van der Waals surface area contributed by atoms with Crippen LogP contribution >= 0.6 is 11.6 Å². The van der Waals surface area contributed by atoms with Crippen LogP contribution in [0.4, 0.5) is 0 Å². The molecule has 0 radical (unpaired) electrons. The third-order valence-electron chi connectivity index (χ3n) is 3.39. The summed E-state index contributed by atoms with van der Waals surface area (Å²) in [5.74, 6) is 1.86. The molecule has 0 aliphatic carbocycles. The second-order valence-corrected chi connectivity index (χ2v) is 4.48. The Morgan fingerprint density at radius 2 is 2.14 bits per heavy atom. The average Bonchev–Trinajstić information content (AvgIpc) is 2.66. The van der Waals surface area contributed by atoms with Crippen LogP contribution in [0.3, 0.4) is 0 Å². The Hall–Kier alpha value is -0.610. The molecule has 1 aromatic heterocycles. The number of piperidine rings is 3. The number of nitrogens with zero attached hydrogens (tertiary/aromatic N) is 3. The highest BCUT2D eigenvalue weighted by molar-refractivity contribution is 6.28. The summed E-state index contributed by atoms with van der Waals surface area (Å²) < 4.78 is 5.14.